The van der Waals surface area contributed by atoms with Crippen LogP contribution in [0.3, 0.4) is 0 Å². The minimum absolute atomic E-state index is 0. The Bertz CT molecular complexity index is 641. The molecular formula is C14H7IrN6O2. The van der Waals surface area contributed by atoms with Crippen molar-refractivity contribution in [2.45, 2.75) is 0 Å². The maximum absolute atomic E-state index is 6.25. The monoisotopic (exact) mass is 484 g/mol. The molecule has 0 atom stereocenters. The summed E-state index contributed by atoms with van der Waals surface area (Å²) in [6.45, 7) is 14.2. The molecule has 114 valence electrons. The molecule has 0 aliphatic carbocycles. The van der Waals surface area contributed by atoms with Gasteiger partial charge in [0.2, 0.25) is 11.8 Å². The number of oxazole rings is 2. The first-order valence-electron chi connectivity index (χ1n) is 5.37. The van der Waals surface area contributed by atoms with E-state index in [0.717, 1.165) is 0 Å². The van der Waals surface area contributed by atoms with Crippen molar-refractivity contribution < 1.29 is 28.9 Å². The fourth-order valence-corrected chi connectivity index (χ4v) is 1.37. The van der Waals surface area contributed by atoms with Crippen molar-refractivity contribution in [3.63, 3.8) is 0 Å². The van der Waals surface area contributed by atoms with E-state index in [2.05, 4.69) is 15.0 Å². The van der Waals surface area contributed by atoms with E-state index < -0.39 is 0 Å². The van der Waals surface area contributed by atoms with Crippen LogP contribution in [0.25, 0.3) is 23.2 Å². The summed E-state index contributed by atoms with van der Waals surface area (Å²) in [6, 6.07) is 5.49. The van der Waals surface area contributed by atoms with Gasteiger partial charge in [0.1, 0.15) is 23.9 Å². The van der Waals surface area contributed by atoms with Crippen LogP contribution < -0.4 is 0 Å². The van der Waals surface area contributed by atoms with E-state index in [0.29, 0.717) is 23.2 Å². The summed E-state index contributed by atoms with van der Waals surface area (Å²) in [4.78, 5) is 12.4. The quantitative estimate of drug-likeness (QED) is 0.508. The van der Waals surface area contributed by atoms with Gasteiger partial charge in [-0.2, -0.15) is 0 Å². The molecule has 0 N–H and O–H groups in total. The maximum atomic E-state index is 6.25. The van der Waals surface area contributed by atoms with Gasteiger partial charge >= 0.3 is 20.1 Å². The summed E-state index contributed by atoms with van der Waals surface area (Å²) in [7, 11) is 0. The summed E-state index contributed by atoms with van der Waals surface area (Å²) in [5.41, 5.74) is 1.31. The Balaban J connectivity index is 0. The van der Waals surface area contributed by atoms with Gasteiger partial charge in [-0.3, -0.25) is 0 Å². The molecule has 3 rings (SSSR count). The van der Waals surface area contributed by atoms with Crippen LogP contribution >= 0.6 is 0 Å². The molecule has 3 aromatic rings. The number of hydrogen-bond acceptors (Lipinski definition) is 8. The number of aromatic nitrogens is 3. The minimum Gasteiger partial charge on any atom is -0.512 e. The molecule has 0 spiro atoms. The Labute approximate surface area is 146 Å². The molecule has 9 heteroatoms. The maximum Gasteiger partial charge on any atom is 3.00 e. The van der Waals surface area contributed by atoms with Gasteiger partial charge in [-0.1, -0.05) is 6.07 Å². The first-order chi connectivity index (χ1) is 10.9. The zero-order valence-corrected chi connectivity index (χ0v) is 13.8. The van der Waals surface area contributed by atoms with Crippen LogP contribution in [0.2, 0.25) is 0 Å². The number of rotatable bonds is 2. The van der Waals surface area contributed by atoms with Gasteiger partial charge in [0.25, 0.3) is 0 Å². The second-order valence-electron chi connectivity index (χ2n) is 3.08. The SMILES string of the molecule is [C-]#N.[C-]#N.[C-]#N.[Ir+3].c1cc(-c2ncco2)nc(-c2ncco2)c1. The van der Waals surface area contributed by atoms with Gasteiger partial charge < -0.3 is 44.3 Å². The van der Waals surface area contributed by atoms with Gasteiger partial charge in [-0.15, -0.1) is 0 Å². The second-order valence-corrected chi connectivity index (χ2v) is 3.08. The first-order valence-corrected chi connectivity index (χ1v) is 5.37. The molecule has 0 aliphatic rings. The normalized spacial score (nSPS) is 7.57. The molecule has 0 saturated heterocycles. The molecule has 0 unspecified atom stereocenters. The van der Waals surface area contributed by atoms with E-state index in [9.17, 15) is 0 Å². The van der Waals surface area contributed by atoms with Crippen molar-refractivity contribution in [3.05, 3.63) is 62.8 Å². The molecule has 0 fully saturated rings. The largest absolute Gasteiger partial charge is 3.00 e. The van der Waals surface area contributed by atoms with E-state index in [1.807, 2.05) is 18.2 Å². The molecule has 0 aliphatic heterocycles. The average molecular weight is 483 g/mol. The van der Waals surface area contributed by atoms with Crippen molar-refractivity contribution in [1.82, 2.24) is 15.0 Å². The fourth-order valence-electron chi connectivity index (χ4n) is 1.37. The Morgan fingerprint density at radius 2 is 1.13 bits per heavy atom. The molecule has 0 amide bonds. The summed E-state index contributed by atoms with van der Waals surface area (Å²) in [6.07, 6.45) is 6.17. The predicted molar refractivity (Wildman–Crippen MR) is 70.1 cm³/mol. The van der Waals surface area contributed by atoms with Gasteiger partial charge in [-0.25, -0.2) is 15.0 Å². The zero-order chi connectivity index (χ0) is 16.8. The molecule has 0 aromatic carbocycles. The summed E-state index contributed by atoms with van der Waals surface area (Å²) in [5.74, 6) is 0.960. The molecule has 8 nitrogen and oxygen atoms in total. The van der Waals surface area contributed by atoms with Gasteiger partial charge in [-0.05, 0) is 12.1 Å². The smallest absolute Gasteiger partial charge is 0.512 e. The van der Waals surface area contributed by atoms with Crippen LogP contribution in [0.1, 0.15) is 0 Å². The van der Waals surface area contributed by atoms with Gasteiger partial charge in [0.15, 0.2) is 0 Å². The molecule has 3 aromatic heterocycles. The Morgan fingerprint density at radius 1 is 0.739 bits per heavy atom. The van der Waals surface area contributed by atoms with Crippen molar-refractivity contribution in [3.8, 4) is 23.2 Å². The van der Waals surface area contributed by atoms with E-state index in [4.69, 9.17) is 44.3 Å². The van der Waals surface area contributed by atoms with Crippen LogP contribution in [0.4, 0.5) is 0 Å². The number of pyridine rings is 1. The number of hydrogen-bond donors (Lipinski definition) is 0. The Hall–Kier alpha value is -3.31. The first kappa shape index (κ1) is 22.0. The summed E-state index contributed by atoms with van der Waals surface area (Å²) >= 11 is 0. The topological polar surface area (TPSA) is 136 Å². The number of nitrogens with zero attached hydrogens (tertiary/aromatic N) is 6. The molecule has 3 heterocycles. The van der Waals surface area contributed by atoms with E-state index in [1.165, 1.54) is 12.5 Å². The van der Waals surface area contributed by atoms with Gasteiger partial charge in [0, 0.05) is 0 Å². The van der Waals surface area contributed by atoms with Crippen molar-refractivity contribution in [2.75, 3.05) is 0 Å². The van der Waals surface area contributed by atoms with E-state index >= 15 is 0 Å². The van der Waals surface area contributed by atoms with Crippen molar-refractivity contribution in [1.29, 1.82) is 15.8 Å². The molecule has 0 radical (unpaired) electrons. The summed E-state index contributed by atoms with van der Waals surface area (Å²) < 4.78 is 10.3. The molecule has 23 heavy (non-hydrogen) atoms. The third kappa shape index (κ3) is 6.32. The van der Waals surface area contributed by atoms with Crippen LogP contribution in [0, 0.1) is 35.5 Å². The third-order valence-electron chi connectivity index (χ3n) is 2.05. The average Bonchev–Trinajstić information content (AvgIpc) is 3.34. The molecular weight excluding hydrogens is 476 g/mol. The Kier molecular flexibility index (Phi) is 13.1. The molecule has 0 bridgehead atoms. The molecule has 0 saturated carbocycles. The van der Waals surface area contributed by atoms with Crippen LogP contribution in [0.5, 0.6) is 0 Å². The summed E-state index contributed by atoms with van der Waals surface area (Å²) in [5, 5.41) is 18.8. The standard InChI is InChI=1S/C11H7N3O2.3CN.Ir/c1-2-8(10-12-4-6-15-10)14-9(3-1)11-13-5-7-16-11;3*1-2;/h1-7H;;;;/q;3*-1;+3. The fraction of sp³-hybridized carbons (Fsp3) is 0. The minimum atomic E-state index is 0. The van der Waals surface area contributed by atoms with Gasteiger partial charge in [0.05, 0.1) is 12.4 Å². The predicted octanol–water partition coefficient (Wildman–Crippen LogP) is 2.68. The second kappa shape index (κ2) is 13.7. The van der Waals surface area contributed by atoms with E-state index in [-0.39, 0.29) is 20.1 Å². The van der Waals surface area contributed by atoms with Crippen LogP contribution in [0.15, 0.2) is 52.0 Å². The van der Waals surface area contributed by atoms with Crippen molar-refractivity contribution in [2.24, 2.45) is 0 Å². The Morgan fingerprint density at radius 3 is 1.43 bits per heavy atom. The zero-order valence-electron chi connectivity index (χ0n) is 11.4. The third-order valence-corrected chi connectivity index (χ3v) is 2.05. The van der Waals surface area contributed by atoms with E-state index in [1.54, 1.807) is 12.4 Å². The van der Waals surface area contributed by atoms with Crippen LogP contribution in [-0.2, 0) is 20.1 Å². The van der Waals surface area contributed by atoms with Crippen LogP contribution in [-0.4, -0.2) is 15.0 Å². The van der Waals surface area contributed by atoms with Crippen molar-refractivity contribution >= 4 is 0 Å².